The van der Waals surface area contributed by atoms with Gasteiger partial charge in [-0.2, -0.15) is 18.3 Å². The maximum Gasteiger partial charge on any atom is 0.435 e. The second-order valence-corrected chi connectivity index (χ2v) is 10.8. The molecular formula is C26H29F3N6O8S. The summed E-state index contributed by atoms with van der Waals surface area (Å²) < 4.78 is 78.1. The maximum absolute atomic E-state index is 13.5. The van der Waals surface area contributed by atoms with Crippen molar-refractivity contribution in [2.75, 3.05) is 19.7 Å². The topological polar surface area (TPSA) is 167 Å². The standard InChI is InChI=1S/C26H29F3N6O8S/c1-5-33(35(38)32-43-19(4)42-18(3)36)14-15-41-25(37)31-44(39,40)22-12-10-21(11-13-22)34-23(16-24(30-34)26(27,28)29)20-8-6-17(2)7-9-20/h6-13,16,19H,5,14-15H2,1-4H3,(H,31,37)/b35-32-. The molecule has 0 fully saturated rings. The number of halogens is 3. The first-order valence-electron chi connectivity index (χ1n) is 12.9. The fraction of sp³-hybridized carbons (Fsp3) is 0.346. The molecule has 0 bridgehead atoms. The number of alkyl halides is 3. The number of hydrogen-bond donors (Lipinski definition) is 1. The average molecular weight is 643 g/mol. The first kappa shape index (κ1) is 33.6. The minimum absolute atomic E-state index is 0.0427. The molecule has 1 N–H and O–H groups in total. The van der Waals surface area contributed by atoms with Gasteiger partial charge in [-0.1, -0.05) is 29.8 Å². The van der Waals surface area contributed by atoms with Gasteiger partial charge in [-0.3, -0.25) is 9.63 Å². The Hall–Kier alpha value is -4.87. The van der Waals surface area contributed by atoms with E-state index in [1.165, 1.54) is 19.1 Å². The summed E-state index contributed by atoms with van der Waals surface area (Å²) in [7, 11) is -4.44. The smallest absolute Gasteiger partial charge is 0.435 e. The molecule has 0 aliphatic heterocycles. The minimum Gasteiger partial charge on any atom is -0.569 e. The number of benzene rings is 2. The van der Waals surface area contributed by atoms with E-state index in [2.05, 4.69) is 15.1 Å². The molecule has 238 valence electrons. The Morgan fingerprint density at radius 3 is 2.36 bits per heavy atom. The van der Waals surface area contributed by atoms with Gasteiger partial charge >= 0.3 is 18.2 Å². The molecule has 0 saturated carbocycles. The summed E-state index contributed by atoms with van der Waals surface area (Å²) in [5.74, 6) is -0.646. The molecule has 2 aromatic carbocycles. The summed E-state index contributed by atoms with van der Waals surface area (Å²) in [5.41, 5.74) is 0.494. The Kier molecular flexibility index (Phi) is 10.8. The van der Waals surface area contributed by atoms with Gasteiger partial charge in [0.2, 0.25) is 5.28 Å². The Bertz CT molecular complexity index is 1590. The van der Waals surface area contributed by atoms with Crippen LogP contribution in [-0.2, 0) is 35.3 Å². The van der Waals surface area contributed by atoms with Gasteiger partial charge in [-0.15, -0.1) is 5.01 Å². The van der Waals surface area contributed by atoms with Crippen molar-refractivity contribution in [1.29, 1.82) is 0 Å². The van der Waals surface area contributed by atoms with Gasteiger partial charge in [0.25, 0.3) is 16.3 Å². The second-order valence-electron chi connectivity index (χ2n) is 9.09. The van der Waals surface area contributed by atoms with E-state index in [-0.39, 0.29) is 34.3 Å². The van der Waals surface area contributed by atoms with Gasteiger partial charge in [0.1, 0.15) is 13.2 Å². The molecule has 44 heavy (non-hydrogen) atoms. The number of esters is 1. The largest absolute Gasteiger partial charge is 0.569 e. The first-order chi connectivity index (χ1) is 20.6. The van der Waals surface area contributed by atoms with Gasteiger partial charge in [0.05, 0.1) is 27.8 Å². The molecule has 3 rings (SSSR count). The summed E-state index contributed by atoms with van der Waals surface area (Å²) in [6.07, 6.45) is -7.19. The third-order valence-electron chi connectivity index (χ3n) is 5.74. The summed E-state index contributed by atoms with van der Waals surface area (Å²) in [6.45, 7) is 5.36. The summed E-state index contributed by atoms with van der Waals surface area (Å²) in [5, 5.41) is 20.0. The van der Waals surface area contributed by atoms with E-state index in [0.29, 0.717) is 5.56 Å². The van der Waals surface area contributed by atoms with E-state index in [0.717, 1.165) is 40.4 Å². The van der Waals surface area contributed by atoms with Crippen molar-refractivity contribution in [3.8, 4) is 16.9 Å². The Morgan fingerprint density at radius 2 is 1.80 bits per heavy atom. The number of sulfonamides is 1. The summed E-state index contributed by atoms with van der Waals surface area (Å²) >= 11 is 0. The van der Waals surface area contributed by atoms with Crippen molar-refractivity contribution in [2.24, 2.45) is 5.28 Å². The Labute approximate surface area is 250 Å². The third-order valence-corrected chi connectivity index (χ3v) is 7.07. The average Bonchev–Trinajstić information content (AvgIpc) is 3.40. The van der Waals surface area contributed by atoms with E-state index in [9.17, 15) is 36.4 Å². The van der Waals surface area contributed by atoms with Crippen LogP contribution in [0.3, 0.4) is 0 Å². The van der Waals surface area contributed by atoms with Crippen molar-refractivity contribution in [3.63, 3.8) is 0 Å². The van der Waals surface area contributed by atoms with Crippen molar-refractivity contribution >= 4 is 22.1 Å². The van der Waals surface area contributed by atoms with Crippen LogP contribution in [0.25, 0.3) is 16.9 Å². The third kappa shape index (κ3) is 9.06. The van der Waals surface area contributed by atoms with Gasteiger partial charge < -0.3 is 14.7 Å². The Morgan fingerprint density at radius 1 is 1.16 bits per heavy atom. The zero-order chi connectivity index (χ0) is 32.7. The lowest BCUT2D eigenvalue weighted by atomic mass is 10.1. The van der Waals surface area contributed by atoms with E-state index < -0.39 is 46.9 Å². The molecule has 1 aromatic heterocycles. The van der Waals surface area contributed by atoms with Crippen molar-refractivity contribution in [3.05, 3.63) is 71.1 Å². The number of amides is 1. The zero-order valence-corrected chi connectivity index (χ0v) is 24.8. The van der Waals surface area contributed by atoms with Crippen molar-refractivity contribution < 1.29 is 50.5 Å². The second kappa shape index (κ2) is 14.1. The van der Waals surface area contributed by atoms with Crippen molar-refractivity contribution in [1.82, 2.24) is 19.5 Å². The SMILES string of the molecule is CCN(CCOC(=O)NS(=O)(=O)c1ccc(-n2nc(C(F)(F)F)cc2-c2ccc(C)cc2)cc1)/[N+]([O-])=N/OC(C)OC(C)=O. The number of rotatable bonds is 12. The highest BCUT2D eigenvalue weighted by molar-refractivity contribution is 7.90. The van der Waals surface area contributed by atoms with E-state index >= 15 is 0 Å². The molecule has 0 saturated heterocycles. The predicted octanol–water partition coefficient (Wildman–Crippen LogP) is 4.32. The quantitative estimate of drug-likeness (QED) is 0.0988. The van der Waals surface area contributed by atoms with Crippen LogP contribution in [0, 0.1) is 12.1 Å². The van der Waals surface area contributed by atoms with Crippen LogP contribution in [-0.4, -0.2) is 66.2 Å². The van der Waals surface area contributed by atoms with Crippen LogP contribution in [0.1, 0.15) is 32.0 Å². The van der Waals surface area contributed by atoms with Crippen LogP contribution in [0.4, 0.5) is 18.0 Å². The summed E-state index contributed by atoms with van der Waals surface area (Å²) in [6, 6.07) is 12.3. The lowest BCUT2D eigenvalue weighted by molar-refractivity contribution is -0.712. The van der Waals surface area contributed by atoms with Crippen LogP contribution in [0.5, 0.6) is 0 Å². The lowest BCUT2D eigenvalue weighted by Crippen LogP contribution is -2.37. The highest BCUT2D eigenvalue weighted by Crippen LogP contribution is 2.33. The molecule has 1 unspecified atom stereocenters. The molecule has 3 aromatic rings. The van der Waals surface area contributed by atoms with E-state index in [4.69, 9.17) is 9.57 Å². The molecule has 14 nitrogen and oxygen atoms in total. The van der Waals surface area contributed by atoms with Gasteiger partial charge in [-0.05, 0) is 44.2 Å². The monoisotopic (exact) mass is 642 g/mol. The highest BCUT2D eigenvalue weighted by atomic mass is 32.2. The molecule has 1 heterocycles. The number of nitrogens with one attached hydrogen (secondary N) is 1. The number of nitrogens with zero attached hydrogens (tertiary/aromatic N) is 5. The summed E-state index contributed by atoms with van der Waals surface area (Å²) in [4.78, 5) is 27.4. The molecule has 18 heteroatoms. The molecule has 0 aliphatic rings. The number of ether oxygens (including phenoxy) is 2. The van der Waals surface area contributed by atoms with E-state index in [1.54, 1.807) is 35.9 Å². The fourth-order valence-electron chi connectivity index (χ4n) is 3.63. The van der Waals surface area contributed by atoms with Crippen molar-refractivity contribution in [2.45, 2.75) is 45.1 Å². The van der Waals surface area contributed by atoms with Crippen LogP contribution in [0.2, 0.25) is 0 Å². The normalized spacial score (nSPS) is 12.8. The number of aryl methyl sites for hydroxylation is 1. The maximum atomic E-state index is 13.5. The fourth-order valence-corrected chi connectivity index (χ4v) is 4.52. The van der Waals surface area contributed by atoms with E-state index in [1.807, 2.05) is 6.92 Å². The highest BCUT2D eigenvalue weighted by Gasteiger charge is 2.35. The number of hydrogen-bond acceptors (Lipinski definition) is 10. The number of hydrazine groups is 1. The van der Waals surface area contributed by atoms with Crippen LogP contribution in [0.15, 0.2) is 64.8 Å². The Balaban J connectivity index is 1.66. The predicted molar refractivity (Wildman–Crippen MR) is 146 cm³/mol. The van der Waals surface area contributed by atoms with Crippen LogP contribution >= 0.6 is 0 Å². The molecule has 0 aliphatic carbocycles. The number of aromatic nitrogens is 2. The molecule has 1 amide bonds. The number of carbonyl (C=O) groups is 2. The lowest BCUT2D eigenvalue weighted by Gasteiger charge is -2.17. The molecule has 0 spiro atoms. The number of carbonyl (C=O) groups excluding carboxylic acids is 2. The first-order valence-corrected chi connectivity index (χ1v) is 14.4. The zero-order valence-electron chi connectivity index (χ0n) is 23.9. The molecule has 1 atom stereocenters. The minimum atomic E-state index is -4.72. The molecular weight excluding hydrogens is 613 g/mol. The van der Waals surface area contributed by atoms with Gasteiger partial charge in [-0.25, -0.2) is 22.6 Å². The molecule has 0 radical (unpaired) electrons. The number of likely N-dealkylation sites (N-methyl/N-ethyl adjacent to an activating group) is 1. The van der Waals surface area contributed by atoms with Crippen LogP contribution < -0.4 is 4.72 Å². The van der Waals surface area contributed by atoms with Gasteiger partial charge in [0, 0.05) is 19.4 Å². The van der Waals surface area contributed by atoms with Gasteiger partial charge in [0.15, 0.2) is 5.69 Å².